The molecule has 0 aromatic heterocycles. The molecule has 3 nitrogen and oxygen atoms in total. The van der Waals surface area contributed by atoms with Crippen LogP contribution in [0.2, 0.25) is 0 Å². The van der Waals surface area contributed by atoms with Gasteiger partial charge in [0.25, 0.3) is 0 Å². The first-order valence-electron chi connectivity index (χ1n) is 8.82. The summed E-state index contributed by atoms with van der Waals surface area (Å²) in [5.74, 6) is 0.453. The lowest BCUT2D eigenvalue weighted by molar-refractivity contribution is -0.133. The zero-order valence-corrected chi connectivity index (χ0v) is 15.0. The second kappa shape index (κ2) is 7.48. The largest absolute Gasteiger partial charge is 0.393 e. The molecule has 0 bridgehead atoms. The molecule has 0 aliphatic carbocycles. The Morgan fingerprint density at radius 2 is 1.96 bits per heavy atom. The molecule has 1 aromatic carbocycles. The fourth-order valence-corrected chi connectivity index (χ4v) is 3.21. The maximum Gasteiger partial charge on any atom is 0.222 e. The average molecular weight is 317 g/mol. The summed E-state index contributed by atoms with van der Waals surface area (Å²) >= 11 is 0. The van der Waals surface area contributed by atoms with Crippen molar-refractivity contribution < 1.29 is 9.90 Å². The summed E-state index contributed by atoms with van der Waals surface area (Å²) in [6, 6.07) is 8.62. The van der Waals surface area contributed by atoms with Crippen molar-refractivity contribution in [3.8, 4) is 0 Å². The van der Waals surface area contributed by atoms with E-state index in [1.807, 2.05) is 11.8 Å². The highest BCUT2D eigenvalue weighted by molar-refractivity contribution is 5.76. The minimum atomic E-state index is -0.324. The molecule has 0 radical (unpaired) electrons. The minimum absolute atomic E-state index is 0.165. The van der Waals surface area contributed by atoms with E-state index < -0.39 is 0 Å². The highest BCUT2D eigenvalue weighted by Crippen LogP contribution is 2.23. The lowest BCUT2D eigenvalue weighted by atomic mass is 9.86. The van der Waals surface area contributed by atoms with Gasteiger partial charge in [0.15, 0.2) is 0 Å². The average Bonchev–Trinajstić information content (AvgIpc) is 2.52. The fraction of sp³-hybridized carbons (Fsp3) is 0.650. The molecular weight excluding hydrogens is 286 g/mol. The smallest absolute Gasteiger partial charge is 0.222 e. The number of aliphatic hydroxyl groups is 1. The van der Waals surface area contributed by atoms with Crippen LogP contribution < -0.4 is 0 Å². The third-order valence-corrected chi connectivity index (χ3v) is 4.94. The molecule has 1 aliphatic rings. The van der Waals surface area contributed by atoms with Crippen LogP contribution in [0.25, 0.3) is 0 Å². The highest BCUT2D eigenvalue weighted by atomic mass is 16.3. The van der Waals surface area contributed by atoms with Gasteiger partial charge in [0.05, 0.1) is 6.10 Å². The van der Waals surface area contributed by atoms with E-state index >= 15 is 0 Å². The number of aliphatic hydroxyl groups excluding tert-OH is 1. The standard InChI is InChI=1S/C20H31NO2/c1-15(22)17-6-5-13-21(14-17)19(23)12-9-16-7-10-18(11-8-16)20(2,3)4/h7-8,10-11,15,17,22H,5-6,9,12-14H2,1-4H3. The van der Waals surface area contributed by atoms with Crippen molar-refractivity contribution in [2.45, 2.75) is 64.9 Å². The van der Waals surface area contributed by atoms with E-state index in [1.54, 1.807) is 0 Å². The van der Waals surface area contributed by atoms with Gasteiger partial charge >= 0.3 is 0 Å². The summed E-state index contributed by atoms with van der Waals surface area (Å²) < 4.78 is 0. The number of amides is 1. The van der Waals surface area contributed by atoms with E-state index in [-0.39, 0.29) is 23.3 Å². The highest BCUT2D eigenvalue weighted by Gasteiger charge is 2.26. The molecular formula is C20H31NO2. The van der Waals surface area contributed by atoms with Crippen LogP contribution in [-0.2, 0) is 16.6 Å². The van der Waals surface area contributed by atoms with Crippen LogP contribution in [0.5, 0.6) is 0 Å². The second-order valence-corrected chi connectivity index (χ2v) is 7.93. The third kappa shape index (κ3) is 5.07. The number of benzene rings is 1. The number of hydrogen-bond donors (Lipinski definition) is 1. The summed E-state index contributed by atoms with van der Waals surface area (Å²) in [5, 5.41) is 9.74. The number of carbonyl (C=O) groups excluding carboxylic acids is 1. The number of aryl methyl sites for hydroxylation is 1. The third-order valence-electron chi connectivity index (χ3n) is 4.94. The van der Waals surface area contributed by atoms with Gasteiger partial charge in [0.1, 0.15) is 0 Å². The predicted molar refractivity (Wildman–Crippen MR) is 94.4 cm³/mol. The summed E-state index contributed by atoms with van der Waals surface area (Å²) in [7, 11) is 0. The van der Waals surface area contributed by atoms with E-state index in [9.17, 15) is 9.90 Å². The Hall–Kier alpha value is -1.35. The van der Waals surface area contributed by atoms with Crippen molar-refractivity contribution in [3.05, 3.63) is 35.4 Å². The molecule has 1 aliphatic heterocycles. The molecule has 0 spiro atoms. The van der Waals surface area contributed by atoms with Crippen molar-refractivity contribution in [1.82, 2.24) is 4.90 Å². The molecule has 1 N–H and O–H groups in total. The van der Waals surface area contributed by atoms with Crippen LogP contribution in [0.3, 0.4) is 0 Å². The molecule has 2 atom stereocenters. The van der Waals surface area contributed by atoms with Crippen LogP contribution in [0.15, 0.2) is 24.3 Å². The van der Waals surface area contributed by atoms with Crippen molar-refractivity contribution >= 4 is 5.91 Å². The maximum absolute atomic E-state index is 12.4. The van der Waals surface area contributed by atoms with Crippen LogP contribution >= 0.6 is 0 Å². The van der Waals surface area contributed by atoms with E-state index in [1.165, 1.54) is 11.1 Å². The summed E-state index contributed by atoms with van der Waals surface area (Å²) in [6.07, 6.45) is 3.05. The van der Waals surface area contributed by atoms with Gasteiger partial charge < -0.3 is 10.0 Å². The number of piperidine rings is 1. The van der Waals surface area contributed by atoms with Crippen LogP contribution in [-0.4, -0.2) is 35.1 Å². The summed E-state index contributed by atoms with van der Waals surface area (Å²) in [5.41, 5.74) is 2.71. The van der Waals surface area contributed by atoms with Crippen LogP contribution in [0.1, 0.15) is 58.1 Å². The van der Waals surface area contributed by atoms with Crippen molar-refractivity contribution in [3.63, 3.8) is 0 Å². The van der Waals surface area contributed by atoms with Gasteiger partial charge in [0.2, 0.25) is 5.91 Å². The van der Waals surface area contributed by atoms with Crippen LogP contribution in [0.4, 0.5) is 0 Å². The Balaban J connectivity index is 1.86. The molecule has 1 heterocycles. The normalized spacial score (nSPS) is 20.4. The van der Waals surface area contributed by atoms with Gasteiger partial charge in [-0.3, -0.25) is 4.79 Å². The molecule has 3 heteroatoms. The molecule has 2 rings (SSSR count). The molecule has 1 fully saturated rings. The van der Waals surface area contributed by atoms with Crippen molar-refractivity contribution in [1.29, 1.82) is 0 Å². The van der Waals surface area contributed by atoms with E-state index in [4.69, 9.17) is 0 Å². The Labute approximate surface area is 140 Å². The number of rotatable bonds is 4. The van der Waals surface area contributed by atoms with Gasteiger partial charge in [-0.25, -0.2) is 0 Å². The SMILES string of the molecule is CC(O)C1CCCN(C(=O)CCc2ccc(C(C)(C)C)cc2)C1. The molecule has 0 saturated carbocycles. The predicted octanol–water partition coefficient (Wildman–Crippen LogP) is 3.54. The number of nitrogens with zero attached hydrogens (tertiary/aromatic N) is 1. The Kier molecular flexibility index (Phi) is 5.85. The second-order valence-electron chi connectivity index (χ2n) is 7.93. The Bertz CT molecular complexity index is 513. The summed E-state index contributed by atoms with van der Waals surface area (Å²) in [4.78, 5) is 14.3. The number of likely N-dealkylation sites (tertiary alicyclic amines) is 1. The lowest BCUT2D eigenvalue weighted by Gasteiger charge is -2.34. The first-order chi connectivity index (χ1) is 10.8. The van der Waals surface area contributed by atoms with Crippen LogP contribution in [0, 0.1) is 5.92 Å². The quantitative estimate of drug-likeness (QED) is 0.923. The first kappa shape index (κ1) is 18.0. The van der Waals surface area contributed by atoms with Gasteiger partial charge in [0, 0.05) is 25.4 Å². The van der Waals surface area contributed by atoms with E-state index in [0.29, 0.717) is 13.0 Å². The molecule has 1 aromatic rings. The van der Waals surface area contributed by atoms with Gasteiger partial charge in [-0.1, -0.05) is 45.0 Å². The topological polar surface area (TPSA) is 40.5 Å². The van der Waals surface area contributed by atoms with Gasteiger partial charge in [-0.2, -0.15) is 0 Å². The van der Waals surface area contributed by atoms with E-state index in [0.717, 1.165) is 25.8 Å². The lowest BCUT2D eigenvalue weighted by Crippen LogP contribution is -2.43. The fourth-order valence-electron chi connectivity index (χ4n) is 3.21. The number of carbonyl (C=O) groups is 1. The van der Waals surface area contributed by atoms with Gasteiger partial charge in [-0.15, -0.1) is 0 Å². The Morgan fingerprint density at radius 1 is 1.30 bits per heavy atom. The molecule has 1 saturated heterocycles. The minimum Gasteiger partial charge on any atom is -0.393 e. The first-order valence-corrected chi connectivity index (χ1v) is 8.82. The zero-order valence-electron chi connectivity index (χ0n) is 15.0. The molecule has 1 amide bonds. The molecule has 2 unspecified atom stereocenters. The van der Waals surface area contributed by atoms with Gasteiger partial charge in [-0.05, 0) is 42.7 Å². The maximum atomic E-state index is 12.4. The monoisotopic (exact) mass is 317 g/mol. The Morgan fingerprint density at radius 3 is 2.52 bits per heavy atom. The molecule has 128 valence electrons. The van der Waals surface area contributed by atoms with Crippen molar-refractivity contribution in [2.75, 3.05) is 13.1 Å². The van der Waals surface area contributed by atoms with E-state index in [2.05, 4.69) is 45.0 Å². The van der Waals surface area contributed by atoms with Crippen molar-refractivity contribution in [2.24, 2.45) is 5.92 Å². The summed E-state index contributed by atoms with van der Waals surface area (Å²) in [6.45, 7) is 10.0. The molecule has 23 heavy (non-hydrogen) atoms. The number of hydrogen-bond acceptors (Lipinski definition) is 2. The zero-order chi connectivity index (χ0) is 17.0.